The number of halogens is 1. The van der Waals surface area contributed by atoms with Gasteiger partial charge in [-0.1, -0.05) is 43.6 Å². The van der Waals surface area contributed by atoms with Gasteiger partial charge >= 0.3 is 0 Å². The fraction of sp³-hybridized carbons (Fsp3) is 0.500. The molecule has 0 spiro atoms. The van der Waals surface area contributed by atoms with Crippen molar-refractivity contribution in [3.8, 4) is 0 Å². The Balaban J connectivity index is 2.74. The monoisotopic (exact) mass is 243 g/mol. The van der Waals surface area contributed by atoms with Crippen LogP contribution in [0.25, 0.3) is 0 Å². The van der Waals surface area contributed by atoms with Crippen molar-refractivity contribution in [1.82, 2.24) is 5.32 Å². The van der Waals surface area contributed by atoms with Gasteiger partial charge in [-0.25, -0.2) is 0 Å². The second-order valence-corrected chi connectivity index (χ2v) is 5.02. The number of nitrogens with one attached hydrogen (secondary N) is 1. The molecule has 1 aromatic rings. The Kier molecular flexibility index (Phi) is 6.15. The van der Waals surface area contributed by atoms with Gasteiger partial charge in [0.15, 0.2) is 0 Å². The van der Waals surface area contributed by atoms with Crippen molar-refractivity contribution in [2.45, 2.75) is 19.9 Å². The van der Waals surface area contributed by atoms with E-state index in [2.05, 4.69) is 25.2 Å². The molecule has 0 saturated heterocycles. The van der Waals surface area contributed by atoms with Gasteiger partial charge < -0.3 is 5.32 Å². The van der Waals surface area contributed by atoms with Crippen LogP contribution in [0.15, 0.2) is 24.3 Å². The van der Waals surface area contributed by atoms with Gasteiger partial charge in [0.05, 0.1) is 0 Å². The molecule has 0 radical (unpaired) electrons. The van der Waals surface area contributed by atoms with Crippen molar-refractivity contribution in [1.29, 1.82) is 0 Å². The van der Waals surface area contributed by atoms with Crippen molar-refractivity contribution < 1.29 is 0 Å². The minimum Gasteiger partial charge on any atom is -0.309 e. The number of rotatable bonds is 6. The average molecular weight is 244 g/mol. The number of benzene rings is 1. The van der Waals surface area contributed by atoms with E-state index in [0.29, 0.717) is 6.04 Å². The highest BCUT2D eigenvalue weighted by molar-refractivity contribution is 7.99. The summed E-state index contributed by atoms with van der Waals surface area (Å²) in [6, 6.07) is 8.45. The Labute approximate surface area is 102 Å². The summed E-state index contributed by atoms with van der Waals surface area (Å²) in [5, 5.41) is 4.33. The summed E-state index contributed by atoms with van der Waals surface area (Å²) >= 11 is 8.12. The molecule has 0 aliphatic rings. The van der Waals surface area contributed by atoms with Crippen molar-refractivity contribution >= 4 is 23.4 Å². The van der Waals surface area contributed by atoms with E-state index in [1.165, 1.54) is 5.56 Å². The van der Waals surface area contributed by atoms with Gasteiger partial charge in [0.1, 0.15) is 0 Å². The van der Waals surface area contributed by atoms with Crippen LogP contribution in [-0.2, 0) is 0 Å². The first-order valence-corrected chi connectivity index (χ1v) is 6.88. The molecule has 3 heteroatoms. The maximum Gasteiger partial charge on any atom is 0.0454 e. The van der Waals surface area contributed by atoms with Gasteiger partial charge in [-0.05, 0) is 23.9 Å². The fourth-order valence-corrected chi connectivity index (χ4v) is 2.53. The predicted molar refractivity (Wildman–Crippen MR) is 70.9 cm³/mol. The maximum absolute atomic E-state index is 6.18. The summed E-state index contributed by atoms with van der Waals surface area (Å²) in [6.45, 7) is 5.28. The van der Waals surface area contributed by atoms with Crippen LogP contribution in [0.5, 0.6) is 0 Å². The third-order valence-corrected chi connectivity index (χ3v) is 3.54. The highest BCUT2D eigenvalue weighted by atomic mass is 35.5. The summed E-state index contributed by atoms with van der Waals surface area (Å²) in [6.07, 6.45) is 0. The molecule has 15 heavy (non-hydrogen) atoms. The third-order valence-electron chi connectivity index (χ3n) is 2.22. The number of thioether (sulfide) groups is 1. The molecule has 0 aliphatic heterocycles. The van der Waals surface area contributed by atoms with E-state index in [1.54, 1.807) is 0 Å². The molecule has 0 fully saturated rings. The molecule has 1 unspecified atom stereocenters. The van der Waals surface area contributed by atoms with E-state index in [9.17, 15) is 0 Å². The van der Waals surface area contributed by atoms with Gasteiger partial charge in [-0.3, -0.25) is 0 Å². The van der Waals surface area contributed by atoms with Crippen molar-refractivity contribution in [2.24, 2.45) is 0 Å². The van der Waals surface area contributed by atoms with Crippen LogP contribution in [0.2, 0.25) is 5.02 Å². The molecule has 0 amide bonds. The lowest BCUT2D eigenvalue weighted by Crippen LogP contribution is -2.23. The Morgan fingerprint density at radius 3 is 2.67 bits per heavy atom. The quantitative estimate of drug-likeness (QED) is 0.817. The topological polar surface area (TPSA) is 12.0 Å². The number of hydrogen-bond acceptors (Lipinski definition) is 2. The van der Waals surface area contributed by atoms with Crippen LogP contribution in [0.1, 0.15) is 25.5 Å². The Morgan fingerprint density at radius 1 is 1.33 bits per heavy atom. The van der Waals surface area contributed by atoms with E-state index >= 15 is 0 Å². The Bertz CT molecular complexity index is 291. The average Bonchev–Trinajstić information content (AvgIpc) is 2.25. The molecule has 1 aromatic carbocycles. The van der Waals surface area contributed by atoms with Crippen molar-refractivity contribution in [3.05, 3.63) is 34.9 Å². The maximum atomic E-state index is 6.18. The largest absolute Gasteiger partial charge is 0.309 e. The van der Waals surface area contributed by atoms with Crippen molar-refractivity contribution in [3.63, 3.8) is 0 Å². The molecule has 0 bridgehead atoms. The zero-order valence-corrected chi connectivity index (χ0v) is 10.9. The first-order chi connectivity index (χ1) is 7.29. The minimum absolute atomic E-state index is 0.369. The molecule has 1 rings (SSSR count). The second-order valence-electron chi connectivity index (χ2n) is 3.29. The van der Waals surface area contributed by atoms with Crippen LogP contribution in [-0.4, -0.2) is 18.1 Å². The lowest BCUT2D eigenvalue weighted by Gasteiger charge is -2.18. The minimum atomic E-state index is 0.369. The summed E-state index contributed by atoms with van der Waals surface area (Å²) in [4.78, 5) is 0. The van der Waals surface area contributed by atoms with Crippen molar-refractivity contribution in [2.75, 3.05) is 18.1 Å². The zero-order chi connectivity index (χ0) is 11.1. The Morgan fingerprint density at radius 2 is 2.07 bits per heavy atom. The van der Waals surface area contributed by atoms with Crippen LogP contribution >= 0.6 is 23.4 Å². The van der Waals surface area contributed by atoms with Crippen LogP contribution in [0.3, 0.4) is 0 Å². The highest BCUT2D eigenvalue weighted by Gasteiger charge is 2.12. The molecule has 1 N–H and O–H groups in total. The van der Waals surface area contributed by atoms with Crippen LogP contribution in [0, 0.1) is 0 Å². The molecule has 84 valence electrons. The highest BCUT2D eigenvalue weighted by Crippen LogP contribution is 2.25. The lowest BCUT2D eigenvalue weighted by atomic mass is 10.1. The fourth-order valence-electron chi connectivity index (χ4n) is 1.50. The summed E-state index contributed by atoms with van der Waals surface area (Å²) in [5.74, 6) is 2.22. The third kappa shape index (κ3) is 4.06. The standard InChI is InChI=1S/C12H18ClNS/c1-3-14-12(9-15-4-2)10-7-5-6-8-11(10)13/h5-8,12,14H,3-4,9H2,1-2H3. The smallest absolute Gasteiger partial charge is 0.0454 e. The summed E-state index contributed by atoms with van der Waals surface area (Å²) in [5.41, 5.74) is 1.21. The first-order valence-electron chi connectivity index (χ1n) is 5.35. The number of hydrogen-bond donors (Lipinski definition) is 1. The van der Waals surface area contributed by atoms with E-state index in [-0.39, 0.29) is 0 Å². The van der Waals surface area contributed by atoms with Gasteiger partial charge in [-0.2, -0.15) is 11.8 Å². The van der Waals surface area contributed by atoms with Gasteiger partial charge in [0.25, 0.3) is 0 Å². The molecule has 0 heterocycles. The first kappa shape index (κ1) is 12.9. The van der Waals surface area contributed by atoms with E-state index < -0.39 is 0 Å². The summed E-state index contributed by atoms with van der Waals surface area (Å²) < 4.78 is 0. The molecular weight excluding hydrogens is 226 g/mol. The molecule has 0 saturated carbocycles. The predicted octanol–water partition coefficient (Wildman–Crippen LogP) is 3.74. The van der Waals surface area contributed by atoms with Gasteiger partial charge in [-0.15, -0.1) is 0 Å². The van der Waals surface area contributed by atoms with Gasteiger partial charge in [0, 0.05) is 16.8 Å². The zero-order valence-electron chi connectivity index (χ0n) is 9.29. The molecular formula is C12H18ClNS. The lowest BCUT2D eigenvalue weighted by molar-refractivity contribution is 0.606. The molecule has 0 aromatic heterocycles. The van der Waals surface area contributed by atoms with E-state index in [4.69, 9.17) is 11.6 Å². The molecule has 1 nitrogen and oxygen atoms in total. The van der Waals surface area contributed by atoms with Crippen LogP contribution in [0.4, 0.5) is 0 Å². The van der Waals surface area contributed by atoms with Gasteiger partial charge in [0.2, 0.25) is 0 Å². The summed E-state index contributed by atoms with van der Waals surface area (Å²) in [7, 11) is 0. The molecule has 1 atom stereocenters. The van der Waals surface area contributed by atoms with Crippen LogP contribution < -0.4 is 5.32 Å². The van der Waals surface area contributed by atoms with E-state index in [1.807, 2.05) is 30.0 Å². The second kappa shape index (κ2) is 7.15. The Hall–Kier alpha value is -0.180. The van der Waals surface area contributed by atoms with E-state index in [0.717, 1.165) is 23.1 Å². The molecule has 0 aliphatic carbocycles. The normalized spacial score (nSPS) is 12.7. The SMILES string of the molecule is CCNC(CSCC)c1ccccc1Cl.